The van der Waals surface area contributed by atoms with Gasteiger partial charge in [-0.05, 0) is 23.6 Å². The third-order valence-corrected chi connectivity index (χ3v) is 5.70. The molecule has 4 rings (SSSR count). The molecule has 0 unspecified atom stereocenters. The summed E-state index contributed by atoms with van der Waals surface area (Å²) >= 11 is 1.58. The minimum atomic E-state index is -0.182. The number of likely N-dealkylation sites (N-methyl/N-ethyl adjacent to an activating group) is 1. The van der Waals surface area contributed by atoms with Gasteiger partial charge in [0.05, 0.1) is 41.4 Å². The zero-order valence-corrected chi connectivity index (χ0v) is 16.4. The molecule has 0 bridgehead atoms. The van der Waals surface area contributed by atoms with Crippen molar-refractivity contribution in [2.24, 2.45) is 0 Å². The lowest BCUT2D eigenvalue weighted by atomic mass is 10.1. The molecule has 3 aromatic rings. The van der Waals surface area contributed by atoms with Gasteiger partial charge in [-0.2, -0.15) is 0 Å². The van der Waals surface area contributed by atoms with Crippen molar-refractivity contribution >= 4 is 34.1 Å². The SMILES string of the molecule is CN(CC(=O)N1CCOCC1)C(=O)c1cc(-c2cccs2)nc2ccccc12. The number of nitrogens with zero attached hydrogens (tertiary/aromatic N) is 3. The van der Waals surface area contributed by atoms with E-state index in [-0.39, 0.29) is 18.4 Å². The predicted molar refractivity (Wildman–Crippen MR) is 109 cm³/mol. The van der Waals surface area contributed by atoms with Gasteiger partial charge in [-0.1, -0.05) is 24.3 Å². The van der Waals surface area contributed by atoms with Gasteiger partial charge in [0.25, 0.3) is 5.91 Å². The first-order valence-corrected chi connectivity index (χ1v) is 10.1. The normalized spacial score (nSPS) is 14.2. The van der Waals surface area contributed by atoms with E-state index in [4.69, 9.17) is 9.72 Å². The lowest BCUT2D eigenvalue weighted by Gasteiger charge is -2.28. The second-order valence-electron chi connectivity index (χ2n) is 6.70. The van der Waals surface area contributed by atoms with Crippen LogP contribution in [-0.2, 0) is 9.53 Å². The Morgan fingerprint density at radius 3 is 2.71 bits per heavy atom. The predicted octanol–water partition coefficient (Wildman–Crippen LogP) is 2.89. The van der Waals surface area contributed by atoms with Gasteiger partial charge in [0.2, 0.25) is 5.91 Å². The number of pyridine rings is 1. The summed E-state index contributed by atoms with van der Waals surface area (Å²) in [6.07, 6.45) is 0. The Balaban J connectivity index is 1.63. The number of ether oxygens (including phenoxy) is 1. The van der Waals surface area contributed by atoms with E-state index in [1.54, 1.807) is 23.3 Å². The van der Waals surface area contributed by atoms with E-state index in [1.807, 2.05) is 47.8 Å². The van der Waals surface area contributed by atoms with Crippen molar-refractivity contribution in [1.29, 1.82) is 0 Å². The van der Waals surface area contributed by atoms with Gasteiger partial charge in [-0.25, -0.2) is 4.98 Å². The van der Waals surface area contributed by atoms with Crippen molar-refractivity contribution in [1.82, 2.24) is 14.8 Å². The van der Waals surface area contributed by atoms with Crippen LogP contribution in [0.15, 0.2) is 47.8 Å². The number of amides is 2. The first kappa shape index (κ1) is 18.6. The molecule has 1 fully saturated rings. The Bertz CT molecular complexity index is 997. The maximum absolute atomic E-state index is 13.2. The number of aromatic nitrogens is 1. The largest absolute Gasteiger partial charge is 0.378 e. The fourth-order valence-electron chi connectivity index (χ4n) is 3.30. The molecule has 0 spiro atoms. The lowest BCUT2D eigenvalue weighted by molar-refractivity contribution is -0.135. The molecule has 1 aliphatic rings. The quantitative estimate of drug-likeness (QED) is 0.682. The molecule has 2 amide bonds. The molecule has 1 aromatic carbocycles. The van der Waals surface area contributed by atoms with E-state index in [2.05, 4.69) is 0 Å². The van der Waals surface area contributed by atoms with Gasteiger partial charge in [0.15, 0.2) is 0 Å². The number of carbonyl (C=O) groups excluding carboxylic acids is 2. The van der Waals surface area contributed by atoms with Gasteiger partial charge in [-0.15, -0.1) is 11.3 Å². The van der Waals surface area contributed by atoms with Crippen LogP contribution < -0.4 is 0 Å². The van der Waals surface area contributed by atoms with E-state index < -0.39 is 0 Å². The van der Waals surface area contributed by atoms with Crippen LogP contribution in [0, 0.1) is 0 Å². The van der Waals surface area contributed by atoms with E-state index in [0.717, 1.165) is 21.5 Å². The smallest absolute Gasteiger partial charge is 0.254 e. The number of hydrogen-bond donors (Lipinski definition) is 0. The Labute approximate surface area is 167 Å². The second kappa shape index (κ2) is 8.08. The number of rotatable bonds is 4. The highest BCUT2D eigenvalue weighted by molar-refractivity contribution is 7.13. The van der Waals surface area contributed by atoms with E-state index >= 15 is 0 Å². The standard InChI is InChI=1S/C21H21N3O3S/c1-23(14-20(25)24-8-10-27-11-9-24)21(26)16-13-18(19-7-4-12-28-19)22-17-6-3-2-5-15(16)17/h2-7,12-13H,8-11,14H2,1H3. The maximum Gasteiger partial charge on any atom is 0.254 e. The Morgan fingerprint density at radius 1 is 1.18 bits per heavy atom. The molecule has 6 nitrogen and oxygen atoms in total. The fraction of sp³-hybridized carbons (Fsp3) is 0.286. The van der Waals surface area contributed by atoms with Gasteiger partial charge in [0.1, 0.15) is 0 Å². The van der Waals surface area contributed by atoms with Gasteiger partial charge < -0.3 is 14.5 Å². The summed E-state index contributed by atoms with van der Waals surface area (Å²) in [6, 6.07) is 13.4. The third-order valence-electron chi connectivity index (χ3n) is 4.80. The first-order valence-electron chi connectivity index (χ1n) is 9.18. The summed E-state index contributed by atoms with van der Waals surface area (Å²) in [6.45, 7) is 2.28. The molecule has 28 heavy (non-hydrogen) atoms. The zero-order chi connectivity index (χ0) is 19.5. The maximum atomic E-state index is 13.2. The molecule has 2 aromatic heterocycles. The first-order chi connectivity index (χ1) is 13.6. The van der Waals surface area contributed by atoms with Crippen LogP contribution in [0.1, 0.15) is 10.4 Å². The molecule has 1 saturated heterocycles. The zero-order valence-electron chi connectivity index (χ0n) is 15.6. The summed E-state index contributed by atoms with van der Waals surface area (Å²) < 4.78 is 5.29. The summed E-state index contributed by atoms with van der Waals surface area (Å²) in [5, 5.41) is 2.78. The summed E-state index contributed by atoms with van der Waals surface area (Å²) in [4.78, 5) is 34.7. The lowest BCUT2D eigenvalue weighted by Crippen LogP contribution is -2.46. The average molecular weight is 395 g/mol. The number of hydrogen-bond acceptors (Lipinski definition) is 5. The van der Waals surface area contributed by atoms with Crippen LogP contribution in [0.5, 0.6) is 0 Å². The highest BCUT2D eigenvalue weighted by Crippen LogP contribution is 2.28. The highest BCUT2D eigenvalue weighted by Gasteiger charge is 2.23. The van der Waals surface area contributed by atoms with Crippen LogP contribution in [0.4, 0.5) is 0 Å². The summed E-state index contributed by atoms with van der Waals surface area (Å²) in [5.41, 5.74) is 2.10. The average Bonchev–Trinajstić information content (AvgIpc) is 3.28. The van der Waals surface area contributed by atoms with Crippen molar-refractivity contribution in [2.45, 2.75) is 0 Å². The van der Waals surface area contributed by atoms with E-state index in [0.29, 0.717) is 31.9 Å². The van der Waals surface area contributed by atoms with Crippen molar-refractivity contribution < 1.29 is 14.3 Å². The van der Waals surface area contributed by atoms with Crippen molar-refractivity contribution in [3.05, 3.63) is 53.4 Å². The molecule has 1 aliphatic heterocycles. The van der Waals surface area contributed by atoms with Crippen LogP contribution in [0.2, 0.25) is 0 Å². The Morgan fingerprint density at radius 2 is 1.96 bits per heavy atom. The molecular formula is C21H21N3O3S. The minimum absolute atomic E-state index is 0.0455. The van der Waals surface area contributed by atoms with Gasteiger partial charge in [0, 0.05) is 25.5 Å². The number of thiophene rings is 1. The topological polar surface area (TPSA) is 62.7 Å². The van der Waals surface area contributed by atoms with Crippen LogP contribution in [0.3, 0.4) is 0 Å². The van der Waals surface area contributed by atoms with Crippen LogP contribution >= 0.6 is 11.3 Å². The molecule has 0 saturated carbocycles. The molecule has 0 N–H and O–H groups in total. The second-order valence-corrected chi connectivity index (χ2v) is 7.65. The van der Waals surface area contributed by atoms with Crippen LogP contribution in [-0.4, -0.2) is 66.5 Å². The minimum Gasteiger partial charge on any atom is -0.378 e. The monoisotopic (exact) mass is 395 g/mol. The molecule has 0 aliphatic carbocycles. The number of benzene rings is 1. The molecule has 0 radical (unpaired) electrons. The molecular weight excluding hydrogens is 374 g/mol. The molecule has 0 atom stereocenters. The highest BCUT2D eigenvalue weighted by atomic mass is 32.1. The molecule has 7 heteroatoms. The van der Waals surface area contributed by atoms with E-state index in [9.17, 15) is 9.59 Å². The van der Waals surface area contributed by atoms with Crippen LogP contribution in [0.25, 0.3) is 21.5 Å². The molecule has 144 valence electrons. The Kier molecular flexibility index (Phi) is 5.36. The third kappa shape index (κ3) is 3.76. The Hall–Kier alpha value is -2.77. The van der Waals surface area contributed by atoms with Gasteiger partial charge in [-0.3, -0.25) is 9.59 Å². The summed E-state index contributed by atoms with van der Waals surface area (Å²) in [7, 11) is 1.67. The van der Waals surface area contributed by atoms with Crippen molar-refractivity contribution in [3.63, 3.8) is 0 Å². The van der Waals surface area contributed by atoms with E-state index in [1.165, 1.54) is 4.90 Å². The number of para-hydroxylation sites is 1. The van der Waals surface area contributed by atoms with Gasteiger partial charge >= 0.3 is 0 Å². The molecule has 3 heterocycles. The van der Waals surface area contributed by atoms with Crippen molar-refractivity contribution in [3.8, 4) is 10.6 Å². The summed E-state index contributed by atoms with van der Waals surface area (Å²) in [5.74, 6) is -0.242. The number of morpholine rings is 1. The number of fused-ring (bicyclic) bond motifs is 1. The fourth-order valence-corrected chi connectivity index (χ4v) is 3.98. The number of carbonyl (C=O) groups is 2. The van der Waals surface area contributed by atoms with Crippen molar-refractivity contribution in [2.75, 3.05) is 39.9 Å².